The third-order valence-corrected chi connectivity index (χ3v) is 4.80. The number of nitrogens with zero attached hydrogens (tertiary/aromatic N) is 3. The smallest absolute Gasteiger partial charge is 0.263 e. The van der Waals surface area contributed by atoms with Gasteiger partial charge >= 0.3 is 0 Å². The van der Waals surface area contributed by atoms with Crippen molar-refractivity contribution in [1.82, 2.24) is 14.5 Å². The molecular weight excluding hydrogens is 329 g/mol. The fraction of sp³-hybridized carbons (Fsp3) is 0.278. The minimum absolute atomic E-state index is 0.152. The highest BCUT2D eigenvalue weighted by atomic mass is 35.5. The lowest BCUT2D eigenvalue weighted by molar-refractivity contribution is 0.626. The molecule has 4 rings (SSSR count). The van der Waals surface area contributed by atoms with Crippen LogP contribution >= 0.6 is 11.6 Å². The molecule has 0 bridgehead atoms. The van der Waals surface area contributed by atoms with Gasteiger partial charge in [0.2, 0.25) is 0 Å². The van der Waals surface area contributed by atoms with Gasteiger partial charge < -0.3 is 0 Å². The predicted molar refractivity (Wildman–Crippen MR) is 91.0 cm³/mol. The number of halogens is 2. The topological polar surface area (TPSA) is 47.8 Å². The van der Waals surface area contributed by atoms with E-state index in [1.807, 2.05) is 6.07 Å². The van der Waals surface area contributed by atoms with Gasteiger partial charge in [0, 0.05) is 10.7 Å². The van der Waals surface area contributed by atoms with Crippen molar-refractivity contribution in [2.75, 3.05) is 0 Å². The first-order valence-corrected chi connectivity index (χ1v) is 8.31. The Hall–Kier alpha value is -2.27. The van der Waals surface area contributed by atoms with Crippen LogP contribution in [0.15, 0.2) is 35.4 Å². The summed E-state index contributed by atoms with van der Waals surface area (Å²) in [6, 6.07) is 6.08. The van der Waals surface area contributed by atoms with E-state index in [9.17, 15) is 9.18 Å². The fourth-order valence-corrected chi connectivity index (χ4v) is 3.38. The molecule has 122 valence electrons. The summed E-state index contributed by atoms with van der Waals surface area (Å²) in [5.74, 6) is -0.399. The Bertz CT molecular complexity index is 999. The number of aromatic nitrogens is 3. The molecular formula is C18H15ClFN3O. The summed E-state index contributed by atoms with van der Waals surface area (Å²) in [5, 5.41) is 0.821. The van der Waals surface area contributed by atoms with Crippen LogP contribution in [0, 0.1) is 5.82 Å². The predicted octanol–water partition coefficient (Wildman–Crippen LogP) is 3.51. The Labute approximate surface area is 142 Å². The average Bonchev–Trinajstić information content (AvgIpc) is 2.58. The SMILES string of the molecule is O=c1c2cc3c(nc2ncn1Cc1ccc(F)cc1Cl)CCCC3. The van der Waals surface area contributed by atoms with E-state index >= 15 is 0 Å². The molecule has 3 aromatic rings. The van der Waals surface area contributed by atoms with Gasteiger partial charge in [-0.25, -0.2) is 14.4 Å². The number of hydrogen-bond donors (Lipinski definition) is 0. The molecule has 4 nitrogen and oxygen atoms in total. The van der Waals surface area contributed by atoms with Crippen molar-refractivity contribution < 1.29 is 4.39 Å². The zero-order valence-corrected chi connectivity index (χ0v) is 13.7. The molecule has 2 aromatic heterocycles. The average molecular weight is 344 g/mol. The highest BCUT2D eigenvalue weighted by Crippen LogP contribution is 2.22. The maximum Gasteiger partial charge on any atom is 0.263 e. The van der Waals surface area contributed by atoms with Gasteiger partial charge in [0.1, 0.15) is 12.1 Å². The summed E-state index contributed by atoms with van der Waals surface area (Å²) >= 11 is 6.06. The molecule has 1 aromatic carbocycles. The summed E-state index contributed by atoms with van der Waals surface area (Å²) in [6.45, 7) is 0.248. The zero-order chi connectivity index (χ0) is 16.7. The lowest BCUT2D eigenvalue weighted by atomic mass is 9.95. The molecule has 24 heavy (non-hydrogen) atoms. The monoisotopic (exact) mass is 343 g/mol. The quantitative estimate of drug-likeness (QED) is 0.715. The molecule has 0 aliphatic heterocycles. The van der Waals surface area contributed by atoms with Crippen LogP contribution in [0.5, 0.6) is 0 Å². The third-order valence-electron chi connectivity index (χ3n) is 4.45. The number of aryl methyl sites for hydroxylation is 2. The fourth-order valence-electron chi connectivity index (χ4n) is 3.16. The van der Waals surface area contributed by atoms with E-state index in [1.165, 1.54) is 23.0 Å². The first-order chi connectivity index (χ1) is 11.6. The number of fused-ring (bicyclic) bond motifs is 2. The van der Waals surface area contributed by atoms with E-state index in [0.717, 1.165) is 36.9 Å². The Morgan fingerprint density at radius 1 is 1.21 bits per heavy atom. The van der Waals surface area contributed by atoms with Crippen molar-refractivity contribution >= 4 is 22.6 Å². The minimum Gasteiger partial charge on any atom is -0.294 e. The van der Waals surface area contributed by atoms with Crippen molar-refractivity contribution in [2.24, 2.45) is 0 Å². The zero-order valence-electron chi connectivity index (χ0n) is 12.9. The lowest BCUT2D eigenvalue weighted by Gasteiger charge is -2.15. The second-order valence-electron chi connectivity index (χ2n) is 6.09. The van der Waals surface area contributed by atoms with Crippen molar-refractivity contribution in [3.8, 4) is 0 Å². The molecule has 0 saturated heterocycles. The van der Waals surface area contributed by atoms with Crippen molar-refractivity contribution in [3.05, 3.63) is 68.6 Å². The molecule has 1 aliphatic rings. The maximum absolute atomic E-state index is 13.2. The van der Waals surface area contributed by atoms with Gasteiger partial charge in [-0.15, -0.1) is 0 Å². The molecule has 0 fully saturated rings. The second-order valence-corrected chi connectivity index (χ2v) is 6.49. The van der Waals surface area contributed by atoms with Crippen molar-refractivity contribution in [3.63, 3.8) is 0 Å². The van der Waals surface area contributed by atoms with Gasteiger partial charge in [-0.05, 0) is 55.0 Å². The summed E-state index contributed by atoms with van der Waals surface area (Å²) in [4.78, 5) is 21.6. The van der Waals surface area contributed by atoms with E-state index in [2.05, 4.69) is 9.97 Å². The van der Waals surface area contributed by atoms with E-state index in [1.54, 1.807) is 6.07 Å². The summed E-state index contributed by atoms with van der Waals surface area (Å²) in [7, 11) is 0. The molecule has 0 N–H and O–H groups in total. The van der Waals surface area contributed by atoms with Gasteiger partial charge in [0.05, 0.1) is 11.9 Å². The van der Waals surface area contributed by atoms with Gasteiger partial charge in [-0.1, -0.05) is 17.7 Å². The molecule has 2 heterocycles. The highest BCUT2D eigenvalue weighted by molar-refractivity contribution is 6.31. The van der Waals surface area contributed by atoms with Crippen LogP contribution in [0.3, 0.4) is 0 Å². The molecule has 0 unspecified atom stereocenters. The largest absolute Gasteiger partial charge is 0.294 e. The van der Waals surface area contributed by atoms with Gasteiger partial charge in [-0.2, -0.15) is 0 Å². The Morgan fingerprint density at radius 2 is 2.04 bits per heavy atom. The first-order valence-electron chi connectivity index (χ1n) is 7.94. The first kappa shape index (κ1) is 15.3. The molecule has 0 radical (unpaired) electrons. The highest BCUT2D eigenvalue weighted by Gasteiger charge is 2.15. The van der Waals surface area contributed by atoms with Gasteiger partial charge in [0.25, 0.3) is 5.56 Å². The van der Waals surface area contributed by atoms with Gasteiger partial charge in [0.15, 0.2) is 5.65 Å². The Kier molecular flexibility index (Phi) is 3.81. The van der Waals surface area contributed by atoms with Crippen LogP contribution < -0.4 is 5.56 Å². The van der Waals surface area contributed by atoms with Crippen LogP contribution in [0.1, 0.15) is 29.7 Å². The van der Waals surface area contributed by atoms with Crippen LogP contribution in [-0.2, 0) is 19.4 Å². The molecule has 0 saturated carbocycles. The molecule has 0 atom stereocenters. The molecule has 6 heteroatoms. The van der Waals surface area contributed by atoms with E-state index in [-0.39, 0.29) is 12.1 Å². The van der Waals surface area contributed by atoms with E-state index < -0.39 is 5.82 Å². The maximum atomic E-state index is 13.2. The van der Waals surface area contributed by atoms with E-state index in [4.69, 9.17) is 11.6 Å². The standard InChI is InChI=1S/C18H15ClFN3O/c19-15-8-13(20)6-5-12(15)9-23-10-21-17-14(18(23)24)7-11-3-1-2-4-16(11)22-17/h5-8,10H,1-4,9H2. The lowest BCUT2D eigenvalue weighted by Crippen LogP contribution is -2.22. The number of rotatable bonds is 2. The molecule has 0 amide bonds. The molecule has 0 spiro atoms. The molecule has 1 aliphatic carbocycles. The van der Waals surface area contributed by atoms with Crippen LogP contribution in [0.2, 0.25) is 5.02 Å². The Balaban J connectivity index is 1.79. The normalized spacial score (nSPS) is 13.9. The number of pyridine rings is 1. The minimum atomic E-state index is -0.399. The Morgan fingerprint density at radius 3 is 2.88 bits per heavy atom. The van der Waals surface area contributed by atoms with Crippen LogP contribution in [0.25, 0.3) is 11.0 Å². The number of hydrogen-bond acceptors (Lipinski definition) is 3. The third kappa shape index (κ3) is 2.69. The summed E-state index contributed by atoms with van der Waals surface area (Å²) in [6.07, 6.45) is 5.63. The van der Waals surface area contributed by atoms with Crippen LogP contribution in [-0.4, -0.2) is 14.5 Å². The van der Waals surface area contributed by atoms with Crippen molar-refractivity contribution in [1.29, 1.82) is 0 Å². The van der Waals surface area contributed by atoms with Gasteiger partial charge in [-0.3, -0.25) is 9.36 Å². The van der Waals surface area contributed by atoms with Crippen molar-refractivity contribution in [2.45, 2.75) is 32.2 Å². The van der Waals surface area contributed by atoms with Crippen LogP contribution in [0.4, 0.5) is 4.39 Å². The summed E-state index contributed by atoms with van der Waals surface area (Å²) in [5.41, 5.74) is 3.21. The van der Waals surface area contributed by atoms with E-state index in [0.29, 0.717) is 21.6 Å². The second kappa shape index (κ2) is 5.98. The number of benzene rings is 1. The summed E-state index contributed by atoms with van der Waals surface area (Å²) < 4.78 is 14.6.